The number of carboxylic acid groups (broad SMARTS) is 1. The van der Waals surface area contributed by atoms with Gasteiger partial charge in [0.2, 0.25) is 0 Å². The van der Waals surface area contributed by atoms with Crippen LogP contribution in [0.5, 0.6) is 0 Å². The summed E-state index contributed by atoms with van der Waals surface area (Å²) < 4.78 is 0. The molecule has 1 aliphatic heterocycles. The molecule has 1 fully saturated rings. The van der Waals surface area contributed by atoms with Crippen molar-refractivity contribution in [3.05, 3.63) is 52.8 Å². The highest BCUT2D eigenvalue weighted by molar-refractivity contribution is 6.42. The minimum atomic E-state index is -0.749. The fourth-order valence-corrected chi connectivity index (χ4v) is 4.35. The second-order valence-corrected chi connectivity index (χ2v) is 8.32. The van der Waals surface area contributed by atoms with Crippen LogP contribution in [-0.4, -0.2) is 34.1 Å². The lowest BCUT2D eigenvalue weighted by Crippen LogP contribution is -2.40. The van der Waals surface area contributed by atoms with Gasteiger partial charge in [-0.1, -0.05) is 48.3 Å². The Morgan fingerprint density at radius 3 is 2.79 bits per heavy atom. The van der Waals surface area contributed by atoms with Crippen molar-refractivity contribution in [2.24, 2.45) is 11.8 Å². The number of rotatable bonds is 4. The van der Waals surface area contributed by atoms with Gasteiger partial charge in [0.15, 0.2) is 0 Å². The first-order valence-corrected chi connectivity index (χ1v) is 10.4. The van der Waals surface area contributed by atoms with Crippen molar-refractivity contribution in [3.63, 3.8) is 0 Å². The summed E-state index contributed by atoms with van der Waals surface area (Å²) in [5.41, 5.74) is 2.76. The van der Waals surface area contributed by atoms with Crippen molar-refractivity contribution in [2.45, 2.75) is 19.8 Å². The highest BCUT2D eigenvalue weighted by atomic mass is 35.5. The van der Waals surface area contributed by atoms with Crippen molar-refractivity contribution in [1.82, 2.24) is 9.97 Å². The number of halogens is 2. The van der Waals surface area contributed by atoms with Gasteiger partial charge in [0, 0.05) is 13.1 Å². The van der Waals surface area contributed by atoms with E-state index in [4.69, 9.17) is 23.2 Å². The number of aromatic nitrogens is 2. The molecule has 7 heteroatoms. The summed E-state index contributed by atoms with van der Waals surface area (Å²) >= 11 is 12.4. The largest absolute Gasteiger partial charge is 0.481 e. The molecule has 3 aromatic rings. The third kappa shape index (κ3) is 3.89. The van der Waals surface area contributed by atoms with Gasteiger partial charge in [-0.25, -0.2) is 9.97 Å². The standard InChI is InChI=1S/C22H21Cl2N3O2/c1-13(22(28)29)15-4-3-9-27(11-15)21-20-16(5-2-6-19(20)25-12-26-21)14-7-8-17(23)18(24)10-14/h2,5-8,10,12-13,15H,3-4,9,11H2,1H3,(H,28,29). The van der Waals surface area contributed by atoms with E-state index >= 15 is 0 Å². The zero-order valence-corrected chi connectivity index (χ0v) is 17.5. The third-order valence-electron chi connectivity index (χ3n) is 5.73. The molecule has 1 aliphatic rings. The van der Waals surface area contributed by atoms with E-state index in [1.54, 1.807) is 19.3 Å². The first kappa shape index (κ1) is 19.9. The monoisotopic (exact) mass is 429 g/mol. The summed E-state index contributed by atoms with van der Waals surface area (Å²) in [6.07, 6.45) is 3.41. The van der Waals surface area contributed by atoms with E-state index in [1.165, 1.54) is 0 Å². The molecule has 0 radical (unpaired) electrons. The number of nitrogens with zero attached hydrogens (tertiary/aromatic N) is 3. The third-order valence-corrected chi connectivity index (χ3v) is 6.47. The maximum absolute atomic E-state index is 11.5. The van der Waals surface area contributed by atoms with Gasteiger partial charge in [0.05, 0.1) is 26.9 Å². The number of hydrogen-bond donors (Lipinski definition) is 1. The average molecular weight is 430 g/mol. The van der Waals surface area contributed by atoms with Gasteiger partial charge in [-0.2, -0.15) is 0 Å². The predicted octanol–water partition coefficient (Wildman–Crippen LogP) is 5.54. The van der Waals surface area contributed by atoms with Crippen LogP contribution in [0, 0.1) is 11.8 Å². The SMILES string of the molecule is CC(C(=O)O)C1CCCN(c2ncnc3cccc(-c4ccc(Cl)c(Cl)c4)c23)C1. The minimum absolute atomic E-state index is 0.0865. The van der Waals surface area contributed by atoms with Crippen molar-refractivity contribution in [3.8, 4) is 11.1 Å². The van der Waals surface area contributed by atoms with Gasteiger partial charge >= 0.3 is 5.97 Å². The molecule has 2 heterocycles. The quantitative estimate of drug-likeness (QED) is 0.589. The molecule has 2 atom stereocenters. The maximum atomic E-state index is 11.5. The summed E-state index contributed by atoms with van der Waals surface area (Å²) in [5, 5.41) is 11.4. The fourth-order valence-electron chi connectivity index (χ4n) is 4.05. The number of piperidine rings is 1. The van der Waals surface area contributed by atoms with Crippen LogP contribution >= 0.6 is 23.2 Å². The van der Waals surface area contributed by atoms with Crippen LogP contribution in [0.2, 0.25) is 10.0 Å². The van der Waals surface area contributed by atoms with Gasteiger partial charge in [-0.05, 0) is 48.1 Å². The summed E-state index contributed by atoms with van der Waals surface area (Å²) in [6, 6.07) is 11.5. The van der Waals surface area contributed by atoms with Crippen molar-refractivity contribution >= 4 is 45.9 Å². The Balaban J connectivity index is 1.81. The lowest BCUT2D eigenvalue weighted by atomic mass is 9.86. The van der Waals surface area contributed by atoms with Crippen LogP contribution in [0.25, 0.3) is 22.0 Å². The Labute approximate surface area is 179 Å². The van der Waals surface area contributed by atoms with E-state index in [0.717, 1.165) is 47.2 Å². The second-order valence-electron chi connectivity index (χ2n) is 7.50. The van der Waals surface area contributed by atoms with Gasteiger partial charge in [-0.15, -0.1) is 0 Å². The van der Waals surface area contributed by atoms with Gasteiger partial charge < -0.3 is 10.0 Å². The molecule has 1 aromatic heterocycles. The molecule has 0 saturated carbocycles. The molecular formula is C22H21Cl2N3O2. The minimum Gasteiger partial charge on any atom is -0.481 e. The lowest BCUT2D eigenvalue weighted by molar-refractivity contribution is -0.143. The van der Waals surface area contributed by atoms with Crippen molar-refractivity contribution in [2.75, 3.05) is 18.0 Å². The molecule has 150 valence electrons. The molecule has 0 aliphatic carbocycles. The molecular weight excluding hydrogens is 409 g/mol. The number of aliphatic carboxylic acids is 1. The van der Waals surface area contributed by atoms with Crippen LogP contribution < -0.4 is 4.90 Å². The summed E-state index contributed by atoms with van der Waals surface area (Å²) in [6.45, 7) is 3.29. The van der Waals surface area contributed by atoms with E-state index in [0.29, 0.717) is 16.6 Å². The van der Waals surface area contributed by atoms with Crippen LogP contribution in [0.1, 0.15) is 19.8 Å². The van der Waals surface area contributed by atoms with Gasteiger partial charge in [-0.3, -0.25) is 4.79 Å². The average Bonchev–Trinajstić information content (AvgIpc) is 2.74. The Morgan fingerprint density at radius 1 is 1.21 bits per heavy atom. The Morgan fingerprint density at radius 2 is 2.03 bits per heavy atom. The lowest BCUT2D eigenvalue weighted by Gasteiger charge is -2.36. The summed E-state index contributed by atoms with van der Waals surface area (Å²) in [7, 11) is 0. The van der Waals surface area contributed by atoms with E-state index in [2.05, 4.69) is 14.9 Å². The molecule has 2 unspecified atom stereocenters. The smallest absolute Gasteiger partial charge is 0.306 e. The van der Waals surface area contributed by atoms with Crippen molar-refractivity contribution < 1.29 is 9.90 Å². The van der Waals surface area contributed by atoms with Crippen molar-refractivity contribution in [1.29, 1.82) is 0 Å². The Kier molecular flexibility index (Phi) is 5.61. The zero-order chi connectivity index (χ0) is 20.5. The number of carboxylic acids is 1. The van der Waals surface area contributed by atoms with Crippen LogP contribution in [0.4, 0.5) is 5.82 Å². The number of hydrogen-bond acceptors (Lipinski definition) is 4. The highest BCUT2D eigenvalue weighted by Crippen LogP contribution is 2.37. The Hall–Kier alpha value is -2.37. The molecule has 5 nitrogen and oxygen atoms in total. The first-order valence-electron chi connectivity index (χ1n) is 9.62. The fraction of sp³-hybridized carbons (Fsp3) is 0.318. The molecule has 29 heavy (non-hydrogen) atoms. The molecule has 1 N–H and O–H groups in total. The van der Waals surface area contributed by atoms with E-state index in [9.17, 15) is 9.90 Å². The summed E-state index contributed by atoms with van der Waals surface area (Å²) in [4.78, 5) is 22.7. The van der Waals surface area contributed by atoms with Crippen LogP contribution in [0.3, 0.4) is 0 Å². The van der Waals surface area contributed by atoms with Crippen LogP contribution in [-0.2, 0) is 4.79 Å². The first-order chi connectivity index (χ1) is 14.0. The Bertz CT molecular complexity index is 1070. The topological polar surface area (TPSA) is 66.3 Å². The van der Waals surface area contributed by atoms with E-state index in [-0.39, 0.29) is 11.8 Å². The molecule has 4 rings (SSSR count). The van der Waals surface area contributed by atoms with E-state index < -0.39 is 5.97 Å². The maximum Gasteiger partial charge on any atom is 0.306 e. The molecule has 0 amide bonds. The second kappa shape index (κ2) is 8.17. The number of fused-ring (bicyclic) bond motifs is 1. The zero-order valence-electron chi connectivity index (χ0n) is 16.0. The highest BCUT2D eigenvalue weighted by Gasteiger charge is 2.30. The number of benzene rings is 2. The molecule has 0 bridgehead atoms. The predicted molar refractivity (Wildman–Crippen MR) is 117 cm³/mol. The number of carbonyl (C=O) groups is 1. The molecule has 0 spiro atoms. The van der Waals surface area contributed by atoms with E-state index in [1.807, 2.05) is 30.3 Å². The molecule has 2 aromatic carbocycles. The summed E-state index contributed by atoms with van der Waals surface area (Å²) in [5.74, 6) is -0.219. The molecule has 1 saturated heterocycles. The number of anilines is 1. The van der Waals surface area contributed by atoms with Crippen LogP contribution in [0.15, 0.2) is 42.7 Å². The van der Waals surface area contributed by atoms with Gasteiger partial charge in [0.1, 0.15) is 12.1 Å². The van der Waals surface area contributed by atoms with Gasteiger partial charge in [0.25, 0.3) is 0 Å². The normalized spacial score (nSPS) is 18.0.